The lowest BCUT2D eigenvalue weighted by atomic mass is 10.6. The fraction of sp³-hybridized carbons (Fsp3) is 0.833. The van der Waals surface area contributed by atoms with Gasteiger partial charge in [0, 0.05) is 10.0 Å². The fourth-order valence-corrected chi connectivity index (χ4v) is 0. The third-order valence-corrected chi connectivity index (χ3v) is 0. The second kappa shape index (κ2) is 130. The second-order valence-electron chi connectivity index (χ2n) is 0.790. The van der Waals surface area contributed by atoms with Gasteiger partial charge in [0.2, 0.25) is 0 Å². The van der Waals surface area contributed by atoms with Crippen molar-refractivity contribution in [3.8, 4) is 0 Å². The van der Waals surface area contributed by atoms with E-state index in [0.29, 0.717) is 0 Å². The molecule has 0 radical (unpaired) electrons. The van der Waals surface area contributed by atoms with E-state index < -0.39 is 0 Å². The quantitative estimate of drug-likeness (QED) is 0.489. The molecule has 0 atom stereocenters. The van der Waals surface area contributed by atoms with Gasteiger partial charge in [0.05, 0.1) is 0 Å². The monoisotopic (exact) mass is 292 g/mol. The van der Waals surface area contributed by atoms with Gasteiger partial charge in [-0.2, -0.15) is 52.2 Å². The highest BCUT2D eigenvalue weighted by atomic mass is 32.1. The first-order chi connectivity index (χ1) is 4.83. The van der Waals surface area contributed by atoms with Gasteiger partial charge in [-0.3, -0.25) is 0 Å². The molecule has 0 saturated carbocycles. The first-order valence-corrected chi connectivity index (χ1v) is 5.32. The average Bonchev–Trinajstić information content (AvgIpc) is 1.99. The molecule has 0 rings (SSSR count). The minimum absolute atomic E-state index is 0. The van der Waals surface area contributed by atoms with Gasteiger partial charge < -0.3 is 0 Å². The molecule has 88 valence electrons. The summed E-state index contributed by atoms with van der Waals surface area (Å²) < 4.78 is 1.92. The van der Waals surface area contributed by atoms with Crippen molar-refractivity contribution >= 4 is 81.0 Å². The molecule has 0 aromatic heterocycles. The van der Waals surface area contributed by atoms with E-state index in [1.807, 2.05) is 4.31 Å². The summed E-state index contributed by atoms with van der Waals surface area (Å²) in [7, 11) is 0. The Morgan fingerprint density at radius 1 is 1.00 bits per heavy atom. The van der Waals surface area contributed by atoms with Crippen LogP contribution in [-0.2, 0) is 0 Å². The molecule has 0 aromatic carbocycles. The molecule has 0 bridgehead atoms. The van der Waals surface area contributed by atoms with Crippen molar-refractivity contribution < 1.29 is 5.71 Å². The number of thiocarbonyl (C=S) groups is 2. The minimum atomic E-state index is 0. The Morgan fingerprint density at radius 3 is 1.00 bits per heavy atom. The number of hydrogen-bond donors (Lipinski definition) is 2. The van der Waals surface area contributed by atoms with E-state index in [4.69, 9.17) is 0 Å². The maximum absolute atomic E-state index is 3.96. The van der Waals surface area contributed by atoms with Gasteiger partial charge >= 0.3 is 0 Å². The zero-order chi connectivity index (χ0) is 9.41. The molecule has 0 aliphatic heterocycles. The number of hydrogen-bond acceptors (Lipinski definition) is 4. The molecule has 0 aliphatic rings. The van der Waals surface area contributed by atoms with Crippen molar-refractivity contribution in [2.75, 3.05) is 12.5 Å². The van der Waals surface area contributed by atoms with Crippen molar-refractivity contribution in [3.63, 3.8) is 0 Å². The topological polar surface area (TPSA) is 0 Å². The largest absolute Gasteiger partial charge is 0.197 e. The van der Waals surface area contributed by atoms with E-state index in [1.54, 1.807) is 12.5 Å². The van der Waals surface area contributed by atoms with Gasteiger partial charge in [-0.1, -0.05) is 20.3 Å². The second-order valence-corrected chi connectivity index (χ2v) is 1.46. The standard InChI is InChI=1S/C3H8.CS2.2CH4S.2H2S.4H2/c1-3-2;2-1-3;2*1-2;;;;;;/h3H2,1-2H3;;2*2H,1H3;2*1H2;4*1H. The molecule has 0 amide bonds. The number of rotatable bonds is 0. The summed E-state index contributed by atoms with van der Waals surface area (Å²) in [5.41, 5.74) is 0. The third kappa shape index (κ3) is 499. The van der Waals surface area contributed by atoms with Crippen LogP contribution < -0.4 is 0 Å². The predicted octanol–water partition coefficient (Wildman–Crippen LogP) is 4.74. The average molecular weight is 293 g/mol. The molecule has 0 saturated heterocycles. The van der Waals surface area contributed by atoms with Crippen LogP contribution in [0.25, 0.3) is 0 Å². The summed E-state index contributed by atoms with van der Waals surface area (Å²) in [5.74, 6) is 0. The zero-order valence-electron chi connectivity index (χ0n) is 7.92. The molecule has 0 aliphatic carbocycles. The van der Waals surface area contributed by atoms with E-state index in [9.17, 15) is 0 Å². The van der Waals surface area contributed by atoms with E-state index >= 15 is 0 Å². The summed E-state index contributed by atoms with van der Waals surface area (Å²) in [4.78, 5) is 0. The Hall–Kier alpha value is 1.62. The van der Waals surface area contributed by atoms with Crippen LogP contribution in [0.15, 0.2) is 0 Å². The van der Waals surface area contributed by atoms with Gasteiger partial charge in [-0.05, 0) is 36.9 Å². The smallest absolute Gasteiger partial charge is 0.0297 e. The lowest BCUT2D eigenvalue weighted by Crippen LogP contribution is -1.27. The summed E-state index contributed by atoms with van der Waals surface area (Å²) >= 11 is 15.0. The Labute approximate surface area is 119 Å². The van der Waals surface area contributed by atoms with Crippen LogP contribution in [0.5, 0.6) is 0 Å². The summed E-state index contributed by atoms with van der Waals surface area (Å²) in [6, 6.07) is 0. The van der Waals surface area contributed by atoms with Crippen LogP contribution in [0.4, 0.5) is 0 Å². The van der Waals surface area contributed by atoms with Crippen molar-refractivity contribution in [2.24, 2.45) is 0 Å². The zero-order valence-corrected chi connectivity index (χ0v) is 13.3. The molecule has 0 aromatic rings. The molecule has 0 N–H and O–H groups in total. The maximum Gasteiger partial charge on any atom is 0.0297 e. The highest BCUT2D eigenvalue weighted by Gasteiger charge is 1.35. The van der Waals surface area contributed by atoms with E-state index in [1.165, 1.54) is 6.42 Å². The van der Waals surface area contributed by atoms with Crippen molar-refractivity contribution in [1.82, 2.24) is 0 Å². The highest BCUT2D eigenvalue weighted by molar-refractivity contribution is 7.93. The van der Waals surface area contributed by atoms with E-state index in [-0.39, 0.29) is 32.7 Å². The van der Waals surface area contributed by atoms with Gasteiger partial charge in [0.25, 0.3) is 0 Å². The molecular weight excluding hydrogens is 264 g/mol. The van der Waals surface area contributed by atoms with Crippen molar-refractivity contribution in [3.05, 3.63) is 0 Å². The first kappa shape index (κ1) is 37.4. The molecule has 12 heavy (non-hydrogen) atoms. The minimum Gasteiger partial charge on any atom is -0.197 e. The lowest BCUT2D eigenvalue weighted by Gasteiger charge is -1.48. The Bertz CT molecular complexity index is 54.3. The van der Waals surface area contributed by atoms with Crippen molar-refractivity contribution in [2.45, 2.75) is 20.3 Å². The highest BCUT2D eigenvalue weighted by Crippen LogP contribution is 1.56. The molecule has 0 unspecified atom stereocenters. The predicted molar refractivity (Wildman–Crippen MR) is 95.2 cm³/mol. The van der Waals surface area contributed by atoms with Gasteiger partial charge in [-0.25, -0.2) is 0 Å². The van der Waals surface area contributed by atoms with Gasteiger partial charge in [0.15, 0.2) is 0 Å². The van der Waals surface area contributed by atoms with E-state index in [0.717, 1.165) is 0 Å². The fourth-order valence-electron chi connectivity index (χ4n) is 0. The van der Waals surface area contributed by atoms with Crippen molar-refractivity contribution in [1.29, 1.82) is 0 Å². The summed E-state index contributed by atoms with van der Waals surface area (Å²) in [5, 5.41) is 0. The van der Waals surface area contributed by atoms with Crippen LogP contribution in [0, 0.1) is 0 Å². The van der Waals surface area contributed by atoms with Crippen LogP contribution in [0.3, 0.4) is 0 Å². The SMILES string of the molecule is CCC.CS.CS.S.S.S=C=S.[HH].[HH].[HH].[HH]. The van der Waals surface area contributed by atoms with Crippen LogP contribution >= 0.6 is 76.7 Å². The van der Waals surface area contributed by atoms with E-state index in [2.05, 4.69) is 63.5 Å². The molecule has 0 heterocycles. The lowest BCUT2D eigenvalue weighted by molar-refractivity contribution is 1.09. The van der Waals surface area contributed by atoms with Gasteiger partial charge in [-0.15, -0.1) is 0 Å². The van der Waals surface area contributed by atoms with Crippen LogP contribution in [0.1, 0.15) is 26.0 Å². The Kier molecular flexibility index (Phi) is 405. The third-order valence-electron chi connectivity index (χ3n) is 0. The maximum atomic E-state index is 3.96. The molecule has 0 fully saturated rings. The molecule has 0 nitrogen and oxygen atoms in total. The molecule has 6 heteroatoms. The summed E-state index contributed by atoms with van der Waals surface area (Å²) in [6.45, 7) is 4.25. The first-order valence-electron chi connectivity index (χ1n) is 2.72. The number of thiol groups is 2. The summed E-state index contributed by atoms with van der Waals surface area (Å²) in [6.07, 6.45) is 4.64. The normalized spacial score (nSPS) is 3.17. The molecule has 0 spiro atoms. The van der Waals surface area contributed by atoms with Gasteiger partial charge in [0.1, 0.15) is 0 Å². The molecular formula is C6H28S6. The Morgan fingerprint density at radius 2 is 1.00 bits per heavy atom. The van der Waals surface area contributed by atoms with Crippen LogP contribution in [0.2, 0.25) is 0 Å². The Balaban J connectivity index is -0.00000000338. The van der Waals surface area contributed by atoms with Crippen LogP contribution in [-0.4, -0.2) is 16.8 Å².